The molecule has 2 rings (SSSR count). The molecular weight excluding hydrogens is 254 g/mol. The molecule has 3 N–H and O–H groups in total. The van der Waals surface area contributed by atoms with Crippen molar-refractivity contribution in [2.75, 3.05) is 7.05 Å². The highest BCUT2D eigenvalue weighted by atomic mass is 16.4. The summed E-state index contributed by atoms with van der Waals surface area (Å²) in [5, 5.41) is 11.6. The van der Waals surface area contributed by atoms with Gasteiger partial charge in [0.1, 0.15) is 5.84 Å². The first kappa shape index (κ1) is 14.4. The summed E-state index contributed by atoms with van der Waals surface area (Å²) in [5.74, 6) is 0.253. The highest BCUT2D eigenvalue weighted by Crippen LogP contribution is 2.49. The summed E-state index contributed by atoms with van der Waals surface area (Å²) in [5.41, 5.74) is 6.22. The zero-order valence-electron chi connectivity index (χ0n) is 11.9. The van der Waals surface area contributed by atoms with Crippen molar-refractivity contribution < 1.29 is 10.0 Å². The van der Waals surface area contributed by atoms with Gasteiger partial charge < -0.3 is 15.8 Å². The number of hydrogen-bond donors (Lipinski definition) is 2. The van der Waals surface area contributed by atoms with Crippen molar-refractivity contribution in [3.05, 3.63) is 35.9 Å². The van der Waals surface area contributed by atoms with Crippen molar-refractivity contribution in [3.8, 4) is 0 Å². The molecule has 108 valence electrons. The smallest absolute Gasteiger partial charge is 0.233 e. The van der Waals surface area contributed by atoms with Crippen LogP contribution in [0.2, 0.25) is 0 Å². The van der Waals surface area contributed by atoms with E-state index in [2.05, 4.69) is 5.16 Å². The second kappa shape index (κ2) is 5.53. The molecule has 1 aromatic carbocycles. The third-order valence-electron chi connectivity index (χ3n) is 4.10. The van der Waals surface area contributed by atoms with Crippen LogP contribution >= 0.6 is 0 Å². The van der Waals surface area contributed by atoms with Crippen LogP contribution in [0.3, 0.4) is 0 Å². The van der Waals surface area contributed by atoms with Gasteiger partial charge in [-0.05, 0) is 25.3 Å². The Kier molecular flexibility index (Phi) is 3.97. The lowest BCUT2D eigenvalue weighted by Crippen LogP contribution is -2.43. The number of likely N-dealkylation sites (N-methyl/N-ethyl adjacent to an activating group) is 1. The Hall–Kier alpha value is -2.04. The van der Waals surface area contributed by atoms with Crippen LogP contribution in [0.1, 0.15) is 31.7 Å². The van der Waals surface area contributed by atoms with E-state index in [-0.39, 0.29) is 23.2 Å². The molecule has 0 aliphatic heterocycles. The van der Waals surface area contributed by atoms with E-state index in [1.54, 1.807) is 11.9 Å². The molecule has 1 unspecified atom stereocenters. The van der Waals surface area contributed by atoms with Crippen LogP contribution in [0.15, 0.2) is 35.5 Å². The Morgan fingerprint density at radius 2 is 2.05 bits per heavy atom. The molecule has 1 saturated carbocycles. The third kappa shape index (κ3) is 2.61. The molecule has 0 bridgehead atoms. The fourth-order valence-corrected chi connectivity index (χ4v) is 2.53. The van der Waals surface area contributed by atoms with Crippen LogP contribution in [0.5, 0.6) is 0 Å². The molecule has 1 amide bonds. The van der Waals surface area contributed by atoms with Gasteiger partial charge in [-0.3, -0.25) is 4.79 Å². The molecule has 1 aliphatic rings. The third-order valence-corrected chi connectivity index (χ3v) is 4.10. The van der Waals surface area contributed by atoms with E-state index in [9.17, 15) is 4.79 Å². The Bertz CT molecular complexity index is 509. The average molecular weight is 275 g/mol. The predicted molar refractivity (Wildman–Crippen MR) is 77.6 cm³/mol. The van der Waals surface area contributed by atoms with Gasteiger partial charge in [0.15, 0.2) is 0 Å². The second-order valence-corrected chi connectivity index (χ2v) is 5.51. The fourth-order valence-electron chi connectivity index (χ4n) is 2.53. The lowest BCUT2D eigenvalue weighted by Gasteiger charge is -2.29. The molecule has 5 nitrogen and oxygen atoms in total. The normalized spacial score (nSPS) is 18.4. The van der Waals surface area contributed by atoms with Crippen molar-refractivity contribution in [2.24, 2.45) is 10.9 Å². The van der Waals surface area contributed by atoms with Crippen molar-refractivity contribution in [2.45, 2.75) is 37.6 Å². The molecule has 0 spiro atoms. The number of hydrogen-bond acceptors (Lipinski definition) is 3. The van der Waals surface area contributed by atoms with Gasteiger partial charge in [0.2, 0.25) is 5.91 Å². The molecule has 1 aliphatic carbocycles. The van der Waals surface area contributed by atoms with Crippen molar-refractivity contribution >= 4 is 11.7 Å². The van der Waals surface area contributed by atoms with E-state index in [4.69, 9.17) is 10.9 Å². The minimum Gasteiger partial charge on any atom is -0.409 e. The van der Waals surface area contributed by atoms with E-state index in [1.807, 2.05) is 37.3 Å². The lowest BCUT2D eigenvalue weighted by molar-refractivity contribution is -0.134. The van der Waals surface area contributed by atoms with Gasteiger partial charge in [0.05, 0.1) is 5.41 Å². The minimum atomic E-state index is -0.366. The molecule has 5 heteroatoms. The van der Waals surface area contributed by atoms with Gasteiger partial charge >= 0.3 is 0 Å². The van der Waals surface area contributed by atoms with Gasteiger partial charge in [-0.25, -0.2) is 0 Å². The molecule has 0 saturated heterocycles. The Morgan fingerprint density at radius 1 is 1.45 bits per heavy atom. The number of benzene rings is 1. The molecule has 1 atom stereocenters. The van der Waals surface area contributed by atoms with E-state index >= 15 is 0 Å². The number of rotatable bonds is 5. The summed E-state index contributed by atoms with van der Waals surface area (Å²) in [4.78, 5) is 14.4. The zero-order valence-corrected chi connectivity index (χ0v) is 11.9. The standard InChI is InChI=1S/C15H21N3O2/c1-11(10-13(16)17-20)18(2)14(19)15(8-9-15)12-6-4-3-5-7-12/h3-7,11,20H,8-10H2,1-2H3,(H2,16,17). The first-order chi connectivity index (χ1) is 9.51. The van der Waals surface area contributed by atoms with Crippen LogP contribution in [0.25, 0.3) is 0 Å². The number of oxime groups is 1. The summed E-state index contributed by atoms with van der Waals surface area (Å²) in [6.07, 6.45) is 2.14. The molecule has 0 radical (unpaired) electrons. The zero-order chi connectivity index (χ0) is 14.8. The monoisotopic (exact) mass is 275 g/mol. The highest BCUT2D eigenvalue weighted by Gasteiger charge is 2.52. The topological polar surface area (TPSA) is 78.9 Å². The van der Waals surface area contributed by atoms with Crippen LogP contribution in [0.4, 0.5) is 0 Å². The molecule has 1 aromatic rings. The Morgan fingerprint density at radius 3 is 2.55 bits per heavy atom. The number of amides is 1. The Balaban J connectivity index is 2.11. The average Bonchev–Trinajstić information content (AvgIpc) is 3.28. The quantitative estimate of drug-likeness (QED) is 0.371. The molecule has 0 heterocycles. The predicted octanol–water partition coefficient (Wildman–Crippen LogP) is 1.70. The van der Waals surface area contributed by atoms with Gasteiger partial charge in [-0.15, -0.1) is 0 Å². The van der Waals surface area contributed by atoms with Crippen LogP contribution in [0, 0.1) is 0 Å². The summed E-state index contributed by atoms with van der Waals surface area (Å²) < 4.78 is 0. The molecular formula is C15H21N3O2. The minimum absolute atomic E-state index is 0.0976. The second-order valence-electron chi connectivity index (χ2n) is 5.51. The number of nitrogens with two attached hydrogens (primary N) is 1. The van der Waals surface area contributed by atoms with Gasteiger partial charge in [-0.2, -0.15) is 0 Å². The number of nitrogens with zero attached hydrogens (tertiary/aromatic N) is 2. The first-order valence-corrected chi connectivity index (χ1v) is 6.80. The maximum Gasteiger partial charge on any atom is 0.233 e. The van der Waals surface area contributed by atoms with Crippen molar-refractivity contribution in [3.63, 3.8) is 0 Å². The van der Waals surface area contributed by atoms with E-state index < -0.39 is 0 Å². The summed E-state index contributed by atoms with van der Waals surface area (Å²) in [6.45, 7) is 1.90. The SMILES string of the molecule is CC(CC(N)=NO)N(C)C(=O)C1(c2ccccc2)CC1. The number of amidine groups is 1. The summed E-state index contributed by atoms with van der Waals surface area (Å²) >= 11 is 0. The van der Waals surface area contributed by atoms with Crippen molar-refractivity contribution in [1.82, 2.24) is 4.90 Å². The maximum absolute atomic E-state index is 12.7. The van der Waals surface area contributed by atoms with E-state index in [0.717, 1.165) is 18.4 Å². The van der Waals surface area contributed by atoms with Crippen LogP contribution in [-0.4, -0.2) is 34.9 Å². The first-order valence-electron chi connectivity index (χ1n) is 6.80. The van der Waals surface area contributed by atoms with Crippen molar-refractivity contribution in [1.29, 1.82) is 0 Å². The maximum atomic E-state index is 12.7. The van der Waals surface area contributed by atoms with Gasteiger partial charge in [-0.1, -0.05) is 35.5 Å². The fraction of sp³-hybridized carbons (Fsp3) is 0.467. The summed E-state index contributed by atoms with van der Waals surface area (Å²) in [6, 6.07) is 9.79. The Labute approximate surface area is 119 Å². The van der Waals surface area contributed by atoms with E-state index in [1.165, 1.54) is 0 Å². The van der Waals surface area contributed by atoms with Gasteiger partial charge in [0, 0.05) is 19.5 Å². The van der Waals surface area contributed by atoms with Crippen LogP contribution in [-0.2, 0) is 10.2 Å². The molecule has 1 fully saturated rings. The number of carbonyl (C=O) groups excluding carboxylic acids is 1. The molecule has 0 aromatic heterocycles. The number of carbonyl (C=O) groups is 1. The van der Waals surface area contributed by atoms with Crippen LogP contribution < -0.4 is 5.73 Å². The molecule has 20 heavy (non-hydrogen) atoms. The highest BCUT2D eigenvalue weighted by molar-refractivity contribution is 5.92. The van der Waals surface area contributed by atoms with E-state index in [0.29, 0.717) is 6.42 Å². The summed E-state index contributed by atoms with van der Waals surface area (Å²) in [7, 11) is 1.78. The van der Waals surface area contributed by atoms with Gasteiger partial charge in [0.25, 0.3) is 0 Å². The largest absolute Gasteiger partial charge is 0.409 e. The lowest BCUT2D eigenvalue weighted by atomic mass is 9.94.